The second-order valence-corrected chi connectivity index (χ2v) is 8.46. The molecule has 0 bridgehead atoms. The van der Waals surface area contributed by atoms with Gasteiger partial charge in [0.25, 0.3) is 0 Å². The second-order valence-electron chi connectivity index (χ2n) is 7.58. The minimum absolute atomic E-state index is 0.0207. The molecule has 0 spiro atoms. The summed E-state index contributed by atoms with van der Waals surface area (Å²) in [5.41, 5.74) is 0. The summed E-state index contributed by atoms with van der Waals surface area (Å²) in [6.07, 6.45) is 20.4. The molecule has 0 saturated carbocycles. The smallest absolute Gasteiger partial charge is 0.189 e. The third kappa shape index (κ3) is 20.3. The van der Waals surface area contributed by atoms with E-state index in [4.69, 9.17) is 22.1 Å². The Morgan fingerprint density at radius 2 is 1.07 bits per heavy atom. The van der Waals surface area contributed by atoms with Gasteiger partial charge in [-0.25, -0.2) is 0 Å². The number of rotatable bonds is 20. The summed E-state index contributed by atoms with van der Waals surface area (Å²) in [5.74, 6) is 0. The van der Waals surface area contributed by atoms with Gasteiger partial charge in [0.05, 0.1) is 6.61 Å². The fourth-order valence-corrected chi connectivity index (χ4v) is 3.49. The Kier molecular flexibility index (Phi) is 20.3. The molecule has 0 heterocycles. The van der Waals surface area contributed by atoms with Crippen LogP contribution in [0.3, 0.4) is 0 Å². The van der Waals surface area contributed by atoms with E-state index in [0.29, 0.717) is 6.61 Å². The summed E-state index contributed by atoms with van der Waals surface area (Å²) in [6, 6.07) is 0. The molecule has 1 atom stereocenters. The van der Waals surface area contributed by atoms with Gasteiger partial charge in [-0.1, -0.05) is 103 Å². The number of ether oxygens (including phenoxy) is 1. The predicted molar refractivity (Wildman–Crippen MR) is 124 cm³/mol. The highest BCUT2D eigenvalue weighted by Crippen LogP contribution is 2.13. The fourth-order valence-electron chi connectivity index (χ4n) is 3.17. The van der Waals surface area contributed by atoms with E-state index in [-0.39, 0.29) is 16.5 Å². The van der Waals surface area contributed by atoms with Crippen LogP contribution in [0.5, 0.6) is 0 Å². The first-order valence-corrected chi connectivity index (χ1v) is 12.0. The first-order valence-electron chi connectivity index (χ1n) is 11.1. The maximum Gasteiger partial charge on any atom is 0.189 e. The van der Waals surface area contributed by atoms with Gasteiger partial charge >= 0.3 is 0 Å². The molecule has 0 aliphatic rings. The van der Waals surface area contributed by atoms with Crippen LogP contribution in [0.4, 0.5) is 0 Å². The van der Waals surface area contributed by atoms with E-state index in [1.807, 2.05) is 0 Å². The van der Waals surface area contributed by atoms with Crippen LogP contribution in [0.2, 0.25) is 0 Å². The summed E-state index contributed by atoms with van der Waals surface area (Å²) in [6.45, 7) is 2.81. The zero-order valence-electron chi connectivity index (χ0n) is 17.4. The molecule has 0 aromatic heterocycles. The molecule has 1 unspecified atom stereocenters. The van der Waals surface area contributed by atoms with Crippen molar-refractivity contribution in [2.75, 3.05) is 6.61 Å². The van der Waals surface area contributed by atoms with E-state index >= 15 is 0 Å². The average Bonchev–Trinajstić information content (AvgIpc) is 2.63. The Morgan fingerprint density at radius 1 is 0.704 bits per heavy atom. The number of aliphatic hydroxyl groups excluding tert-OH is 2. The predicted octanol–water partition coefficient (Wildman–Crippen LogP) is 7.23. The van der Waals surface area contributed by atoms with Gasteiger partial charge in [0.15, 0.2) is 10.1 Å². The summed E-state index contributed by atoms with van der Waals surface area (Å²) >= 11 is 9.49. The highest BCUT2D eigenvalue weighted by atomic mass is 32.1. The van der Waals surface area contributed by atoms with Crippen molar-refractivity contribution >= 4 is 34.5 Å². The SMILES string of the molecule is CCCCCCCCCCCCCCCCCCOC(=S)C(O)CC(O)=S. The van der Waals surface area contributed by atoms with Gasteiger partial charge in [-0.3, -0.25) is 0 Å². The maximum absolute atomic E-state index is 9.61. The van der Waals surface area contributed by atoms with Gasteiger partial charge in [-0.15, -0.1) is 0 Å². The lowest BCUT2D eigenvalue weighted by Gasteiger charge is -2.12. The van der Waals surface area contributed by atoms with Crippen LogP contribution >= 0.6 is 24.4 Å². The zero-order chi connectivity index (χ0) is 20.2. The van der Waals surface area contributed by atoms with Crippen molar-refractivity contribution in [3.63, 3.8) is 0 Å². The normalized spacial score (nSPS) is 12.1. The maximum atomic E-state index is 9.61. The summed E-state index contributed by atoms with van der Waals surface area (Å²) < 4.78 is 5.33. The van der Waals surface area contributed by atoms with Crippen molar-refractivity contribution in [1.29, 1.82) is 0 Å². The molecule has 27 heavy (non-hydrogen) atoms. The van der Waals surface area contributed by atoms with Crippen molar-refractivity contribution < 1.29 is 14.9 Å². The average molecular weight is 419 g/mol. The van der Waals surface area contributed by atoms with E-state index in [9.17, 15) is 5.11 Å². The quantitative estimate of drug-likeness (QED) is 0.161. The van der Waals surface area contributed by atoms with E-state index in [2.05, 4.69) is 19.1 Å². The first-order chi connectivity index (χ1) is 13.1. The zero-order valence-corrected chi connectivity index (χ0v) is 19.1. The van der Waals surface area contributed by atoms with E-state index in [1.54, 1.807) is 0 Å². The highest BCUT2D eigenvalue weighted by Gasteiger charge is 2.13. The van der Waals surface area contributed by atoms with Crippen LogP contribution in [0.15, 0.2) is 0 Å². The van der Waals surface area contributed by atoms with E-state index in [0.717, 1.165) is 12.8 Å². The van der Waals surface area contributed by atoms with E-state index in [1.165, 1.54) is 89.9 Å². The molecule has 0 aromatic carbocycles. The van der Waals surface area contributed by atoms with Gasteiger partial charge < -0.3 is 14.9 Å². The molecular formula is C22H42O3S2. The van der Waals surface area contributed by atoms with Crippen molar-refractivity contribution in [2.24, 2.45) is 0 Å². The molecule has 0 aliphatic heterocycles. The van der Waals surface area contributed by atoms with Crippen LogP contribution in [0.25, 0.3) is 0 Å². The molecule has 0 rings (SSSR count). The van der Waals surface area contributed by atoms with Crippen LogP contribution in [0, 0.1) is 0 Å². The summed E-state index contributed by atoms with van der Waals surface area (Å²) in [5, 5.41) is 18.4. The van der Waals surface area contributed by atoms with Gasteiger partial charge in [0.1, 0.15) is 6.10 Å². The van der Waals surface area contributed by atoms with Crippen LogP contribution in [-0.4, -0.2) is 33.0 Å². The molecule has 160 valence electrons. The Balaban J connectivity index is 3.19. The molecule has 5 heteroatoms. The third-order valence-corrected chi connectivity index (χ3v) is 5.44. The van der Waals surface area contributed by atoms with Crippen LogP contribution in [-0.2, 0) is 4.74 Å². The Hall–Kier alpha value is -0.260. The van der Waals surface area contributed by atoms with Crippen molar-refractivity contribution in [3.05, 3.63) is 0 Å². The lowest BCUT2D eigenvalue weighted by molar-refractivity contribution is 0.192. The third-order valence-electron chi connectivity index (χ3n) is 4.88. The monoisotopic (exact) mass is 418 g/mol. The second kappa shape index (κ2) is 20.5. The van der Waals surface area contributed by atoms with Gasteiger partial charge in [0.2, 0.25) is 0 Å². The Labute approximate surface area is 178 Å². The van der Waals surface area contributed by atoms with Crippen molar-refractivity contribution in [1.82, 2.24) is 0 Å². The lowest BCUT2D eigenvalue weighted by Crippen LogP contribution is -2.24. The largest absolute Gasteiger partial charge is 0.502 e. The minimum Gasteiger partial charge on any atom is -0.502 e. The standard InChI is InChI=1S/C22H42O3S2/c1-2-3-4-5-6-7-8-9-10-11-12-13-14-15-16-17-18-25-22(27)20(23)19-21(24)26/h20,23H,2-19H2,1H3,(H,24,26). The highest BCUT2D eigenvalue weighted by molar-refractivity contribution is 7.80. The van der Waals surface area contributed by atoms with E-state index < -0.39 is 6.10 Å². The van der Waals surface area contributed by atoms with Crippen LogP contribution < -0.4 is 0 Å². The molecule has 0 amide bonds. The molecule has 0 aliphatic carbocycles. The molecule has 2 N–H and O–H groups in total. The molecule has 0 fully saturated rings. The number of aliphatic hydroxyl groups is 2. The number of unbranched alkanes of at least 4 members (excludes halogenated alkanes) is 15. The number of thiocarbonyl (C=S) groups is 2. The summed E-state index contributed by atoms with van der Waals surface area (Å²) in [7, 11) is 0. The van der Waals surface area contributed by atoms with Crippen molar-refractivity contribution in [2.45, 2.75) is 122 Å². The molecule has 0 aromatic rings. The Bertz CT molecular complexity index is 361. The molecule has 3 nitrogen and oxygen atoms in total. The minimum atomic E-state index is -0.974. The van der Waals surface area contributed by atoms with Gasteiger partial charge in [-0.05, 0) is 30.9 Å². The van der Waals surface area contributed by atoms with Crippen LogP contribution in [0.1, 0.15) is 116 Å². The van der Waals surface area contributed by atoms with Crippen molar-refractivity contribution in [3.8, 4) is 0 Å². The number of hydrogen-bond acceptors (Lipinski definition) is 4. The summed E-state index contributed by atoms with van der Waals surface area (Å²) in [4.78, 5) is 0. The Morgan fingerprint density at radius 3 is 1.44 bits per heavy atom. The number of hydrogen-bond donors (Lipinski definition) is 2. The van der Waals surface area contributed by atoms with Gasteiger partial charge in [-0.2, -0.15) is 0 Å². The topological polar surface area (TPSA) is 49.7 Å². The molecule has 0 saturated heterocycles. The van der Waals surface area contributed by atoms with Gasteiger partial charge in [0, 0.05) is 6.42 Å². The molecular weight excluding hydrogens is 376 g/mol. The molecule has 0 radical (unpaired) electrons. The lowest BCUT2D eigenvalue weighted by atomic mass is 10.0. The first kappa shape index (κ1) is 26.7. The fraction of sp³-hybridized carbons (Fsp3) is 0.909.